The van der Waals surface area contributed by atoms with E-state index in [1.54, 1.807) is 6.92 Å². The van der Waals surface area contributed by atoms with Crippen LogP contribution in [0, 0.1) is 0 Å². The van der Waals surface area contributed by atoms with Crippen LogP contribution in [0.15, 0.2) is 0 Å². The van der Waals surface area contributed by atoms with Crippen molar-refractivity contribution in [2.45, 2.75) is 26.6 Å². The van der Waals surface area contributed by atoms with Crippen LogP contribution in [0.2, 0.25) is 19.6 Å². The van der Waals surface area contributed by atoms with Crippen molar-refractivity contribution < 1.29 is 8.63 Å². The topological polar surface area (TPSA) is 3.24 Å². The number of nitrogens with zero attached hydrogens (tertiary/aromatic N) is 1. The molecule has 0 atom stereocenters. The molecule has 0 aliphatic heterocycles. The average Bonchev–Trinajstić information content (AvgIpc) is 1.60. The van der Waals surface area contributed by atoms with Crippen LogP contribution in [0.1, 0.15) is 6.92 Å². The highest BCUT2D eigenvalue weighted by molar-refractivity contribution is 6.80. The first-order valence-corrected chi connectivity index (χ1v) is 6.89. The SMILES string of the molecule is CCN(B(F)F)[Si](C)(C)C. The van der Waals surface area contributed by atoms with Gasteiger partial charge in [-0.2, -0.15) is 0 Å². The van der Waals surface area contributed by atoms with Gasteiger partial charge in [0.05, 0.1) is 0 Å². The van der Waals surface area contributed by atoms with E-state index >= 15 is 0 Å². The molecule has 0 amide bonds. The molecule has 0 aromatic carbocycles. The first-order valence-electron chi connectivity index (χ1n) is 3.44. The molecule has 0 aromatic rings. The normalized spacial score (nSPS) is 12.3. The van der Waals surface area contributed by atoms with Gasteiger partial charge >= 0.3 is 7.40 Å². The van der Waals surface area contributed by atoms with Crippen LogP contribution in [-0.2, 0) is 0 Å². The predicted molar refractivity (Wildman–Crippen MR) is 43.7 cm³/mol. The molecule has 0 aliphatic carbocycles. The summed E-state index contributed by atoms with van der Waals surface area (Å²) in [5.41, 5.74) is 0. The molecule has 0 saturated heterocycles. The zero-order valence-corrected chi connectivity index (χ0v) is 7.99. The molecule has 10 heavy (non-hydrogen) atoms. The number of hydrogen-bond acceptors (Lipinski definition) is 1. The summed E-state index contributed by atoms with van der Waals surface area (Å²) in [5, 5.41) is 0. The molecule has 5 heteroatoms. The summed E-state index contributed by atoms with van der Waals surface area (Å²) in [5.74, 6) is 0. The third-order valence-corrected chi connectivity index (χ3v) is 3.67. The molecule has 0 radical (unpaired) electrons. The molecule has 1 nitrogen and oxygen atoms in total. The predicted octanol–water partition coefficient (Wildman–Crippen LogP) is 2.07. The van der Waals surface area contributed by atoms with Crippen LogP contribution in [0.4, 0.5) is 8.63 Å². The fourth-order valence-corrected chi connectivity index (χ4v) is 2.44. The molecule has 0 N–H and O–H groups in total. The fourth-order valence-electron chi connectivity index (χ4n) is 0.905. The Hall–Kier alpha value is 0.102. The molecule has 0 spiro atoms. The summed E-state index contributed by atoms with van der Waals surface area (Å²) in [6, 6.07) is 0. The van der Waals surface area contributed by atoms with Crippen LogP contribution in [0.25, 0.3) is 0 Å². The molecule has 0 aromatic heterocycles. The Morgan fingerprint density at radius 3 is 1.70 bits per heavy atom. The van der Waals surface area contributed by atoms with Crippen molar-refractivity contribution in [3.63, 3.8) is 0 Å². The van der Waals surface area contributed by atoms with E-state index in [0.717, 1.165) is 0 Å². The van der Waals surface area contributed by atoms with Gasteiger partial charge in [-0.3, -0.25) is 8.63 Å². The summed E-state index contributed by atoms with van der Waals surface area (Å²) < 4.78 is 25.6. The van der Waals surface area contributed by atoms with Crippen LogP contribution in [-0.4, -0.2) is 26.7 Å². The molecule has 0 heterocycles. The summed E-state index contributed by atoms with van der Waals surface area (Å²) in [7, 11) is -4.05. The van der Waals surface area contributed by atoms with Gasteiger partial charge < -0.3 is 4.48 Å². The second kappa shape index (κ2) is 3.48. The molecule has 60 valence electrons. The van der Waals surface area contributed by atoms with E-state index in [1.165, 1.54) is 4.48 Å². The highest BCUT2D eigenvalue weighted by Crippen LogP contribution is 2.11. The van der Waals surface area contributed by atoms with Crippen LogP contribution in [0.3, 0.4) is 0 Å². The minimum absolute atomic E-state index is 0.452. The zero-order chi connectivity index (χ0) is 8.36. The lowest BCUT2D eigenvalue weighted by Crippen LogP contribution is -2.51. The standard InChI is InChI=1S/C5H14BF2NSi/c1-5-9(6(7)8)10(2,3)4/h5H2,1-4H3. The highest BCUT2D eigenvalue weighted by atomic mass is 28.3. The summed E-state index contributed by atoms with van der Waals surface area (Å²) in [6.07, 6.45) is 0. The van der Waals surface area contributed by atoms with Crippen molar-refractivity contribution in [1.29, 1.82) is 0 Å². The molecule has 0 fully saturated rings. The zero-order valence-electron chi connectivity index (χ0n) is 6.99. The Kier molecular flexibility index (Phi) is 3.52. The smallest absolute Gasteiger partial charge is 0.305 e. The third kappa shape index (κ3) is 2.79. The van der Waals surface area contributed by atoms with E-state index in [4.69, 9.17) is 0 Å². The van der Waals surface area contributed by atoms with Crippen molar-refractivity contribution in [3.8, 4) is 0 Å². The largest absolute Gasteiger partial charge is 0.629 e. The minimum atomic E-state index is -2.28. The van der Waals surface area contributed by atoms with Gasteiger partial charge in [0.2, 0.25) is 0 Å². The fraction of sp³-hybridized carbons (Fsp3) is 1.00. The maximum Gasteiger partial charge on any atom is 0.629 e. The lowest BCUT2D eigenvalue weighted by Gasteiger charge is -2.30. The first kappa shape index (κ1) is 10.1. The maximum absolute atomic E-state index is 12.2. The molecule has 0 rings (SSSR count). The molecule has 0 bridgehead atoms. The van der Waals surface area contributed by atoms with Gasteiger partial charge in [0.1, 0.15) is 8.24 Å². The second-order valence-corrected chi connectivity index (χ2v) is 8.15. The van der Waals surface area contributed by atoms with E-state index in [0.29, 0.717) is 6.54 Å². The number of rotatable bonds is 3. The van der Waals surface area contributed by atoms with Gasteiger partial charge in [-0.25, -0.2) is 0 Å². The van der Waals surface area contributed by atoms with Crippen molar-refractivity contribution in [2.24, 2.45) is 0 Å². The van der Waals surface area contributed by atoms with Crippen LogP contribution >= 0.6 is 0 Å². The van der Waals surface area contributed by atoms with Crippen molar-refractivity contribution in [3.05, 3.63) is 0 Å². The molecular formula is C5H14BF2NSi. The number of hydrogen-bond donors (Lipinski definition) is 0. The first-order chi connectivity index (χ1) is 4.39. The van der Waals surface area contributed by atoms with E-state index < -0.39 is 15.6 Å². The van der Waals surface area contributed by atoms with Crippen molar-refractivity contribution in [2.75, 3.05) is 6.54 Å². The molecule has 0 aliphatic rings. The Labute approximate surface area is 62.7 Å². The summed E-state index contributed by atoms with van der Waals surface area (Å²) in [4.78, 5) is 0. The summed E-state index contributed by atoms with van der Waals surface area (Å²) >= 11 is 0. The van der Waals surface area contributed by atoms with Gasteiger partial charge in [0, 0.05) is 0 Å². The van der Waals surface area contributed by atoms with Crippen molar-refractivity contribution >= 4 is 15.6 Å². The van der Waals surface area contributed by atoms with Gasteiger partial charge in [0.25, 0.3) is 0 Å². The summed E-state index contributed by atoms with van der Waals surface area (Å²) in [6.45, 7) is 7.98. The highest BCUT2D eigenvalue weighted by Gasteiger charge is 2.33. The lowest BCUT2D eigenvalue weighted by molar-refractivity contribution is 0.503. The van der Waals surface area contributed by atoms with Gasteiger partial charge in [-0.15, -0.1) is 0 Å². The van der Waals surface area contributed by atoms with E-state index in [9.17, 15) is 8.63 Å². The van der Waals surface area contributed by atoms with Crippen molar-refractivity contribution in [1.82, 2.24) is 4.48 Å². The molecule has 0 saturated carbocycles. The Morgan fingerprint density at radius 2 is 1.70 bits per heavy atom. The van der Waals surface area contributed by atoms with Gasteiger partial charge in [-0.1, -0.05) is 26.6 Å². The average molecular weight is 165 g/mol. The van der Waals surface area contributed by atoms with Crippen LogP contribution in [0.5, 0.6) is 0 Å². The van der Waals surface area contributed by atoms with E-state index in [-0.39, 0.29) is 0 Å². The lowest BCUT2D eigenvalue weighted by atomic mass is 10.2. The van der Waals surface area contributed by atoms with Gasteiger partial charge in [-0.05, 0) is 6.54 Å². The minimum Gasteiger partial charge on any atom is -0.305 e. The van der Waals surface area contributed by atoms with Crippen LogP contribution < -0.4 is 0 Å². The Morgan fingerprint density at radius 1 is 1.30 bits per heavy atom. The Bertz CT molecular complexity index is 104. The number of halogens is 2. The molecule has 0 unspecified atom stereocenters. The molecular weight excluding hydrogens is 151 g/mol. The Balaban J connectivity index is 4.07. The van der Waals surface area contributed by atoms with Gasteiger partial charge in [0.15, 0.2) is 0 Å². The van der Waals surface area contributed by atoms with E-state index in [2.05, 4.69) is 0 Å². The quantitative estimate of drug-likeness (QED) is 0.578. The maximum atomic E-state index is 12.2. The second-order valence-electron chi connectivity index (χ2n) is 3.23. The third-order valence-electron chi connectivity index (χ3n) is 1.44. The monoisotopic (exact) mass is 165 g/mol. The van der Waals surface area contributed by atoms with E-state index in [1.807, 2.05) is 19.6 Å².